The third kappa shape index (κ3) is 5.38. The van der Waals surface area contributed by atoms with E-state index in [1.807, 2.05) is 0 Å². The summed E-state index contributed by atoms with van der Waals surface area (Å²) in [5.41, 5.74) is -1.24. The van der Waals surface area contributed by atoms with Crippen LogP contribution in [0.5, 0.6) is 0 Å². The topological polar surface area (TPSA) is 48.5 Å². The summed E-state index contributed by atoms with van der Waals surface area (Å²) in [6, 6.07) is 4.70. The number of hydrogen-bond acceptors (Lipinski definition) is 5. The third-order valence-electron chi connectivity index (χ3n) is 4.29. The van der Waals surface area contributed by atoms with Crippen LogP contribution in [-0.2, 0) is 17.1 Å². The van der Waals surface area contributed by atoms with E-state index in [0.717, 1.165) is 12.3 Å². The lowest BCUT2D eigenvalue weighted by atomic mass is 10.1. The van der Waals surface area contributed by atoms with Crippen LogP contribution in [0.25, 0.3) is 0 Å². The highest BCUT2D eigenvalue weighted by Gasteiger charge is 2.35. The van der Waals surface area contributed by atoms with Gasteiger partial charge in [-0.05, 0) is 12.1 Å². The molecule has 0 saturated carbocycles. The van der Waals surface area contributed by atoms with E-state index in [9.17, 15) is 31.1 Å². The number of anilines is 2. The minimum atomic E-state index is -4.58. The van der Waals surface area contributed by atoms with Crippen LogP contribution in [0.3, 0.4) is 0 Å². The van der Waals surface area contributed by atoms with Crippen LogP contribution in [0, 0.1) is 0 Å². The first-order valence-electron chi connectivity index (χ1n) is 8.50. The molecule has 3 rings (SSSR count). The average molecular weight is 438 g/mol. The highest BCUT2D eigenvalue weighted by molar-refractivity contribution is 7.15. The van der Waals surface area contributed by atoms with Crippen molar-refractivity contribution in [3.63, 3.8) is 0 Å². The van der Waals surface area contributed by atoms with Gasteiger partial charge in [-0.25, -0.2) is 4.98 Å². The Kier molecular flexibility index (Phi) is 6.03. The highest BCUT2D eigenvalue weighted by atomic mass is 32.1. The lowest BCUT2D eigenvalue weighted by molar-refractivity contribution is -0.137. The number of aromatic nitrogens is 1. The second-order valence-corrected chi connectivity index (χ2v) is 7.37. The molecule has 1 aliphatic rings. The number of amides is 1. The predicted octanol–water partition coefficient (Wildman–Crippen LogP) is 3.94. The molecular weight excluding hydrogens is 422 g/mol. The van der Waals surface area contributed by atoms with Crippen molar-refractivity contribution < 1.29 is 31.1 Å². The number of para-hydroxylation sites is 1. The minimum absolute atomic E-state index is 0.119. The Balaban J connectivity index is 1.54. The van der Waals surface area contributed by atoms with Gasteiger partial charge >= 0.3 is 12.4 Å². The van der Waals surface area contributed by atoms with Crippen molar-refractivity contribution in [3.05, 3.63) is 40.9 Å². The number of alkyl halides is 6. The highest BCUT2D eigenvalue weighted by Crippen LogP contribution is 2.36. The molecule has 0 radical (unpaired) electrons. The summed E-state index contributed by atoms with van der Waals surface area (Å²) in [6.45, 7) is 1.34. The number of benzene rings is 1. The predicted molar refractivity (Wildman–Crippen MR) is 95.8 cm³/mol. The van der Waals surface area contributed by atoms with Gasteiger partial charge in [0, 0.05) is 26.2 Å². The monoisotopic (exact) mass is 438 g/mol. The van der Waals surface area contributed by atoms with E-state index in [-0.39, 0.29) is 17.4 Å². The summed E-state index contributed by atoms with van der Waals surface area (Å²) in [5.74, 6) is -0.594. The van der Waals surface area contributed by atoms with Crippen LogP contribution < -0.4 is 10.2 Å². The molecule has 0 spiro atoms. The summed E-state index contributed by atoms with van der Waals surface area (Å²) in [4.78, 5) is 18.6. The van der Waals surface area contributed by atoms with Crippen LogP contribution in [0.15, 0.2) is 30.5 Å². The summed E-state index contributed by atoms with van der Waals surface area (Å²) >= 11 is 0.553. The zero-order valence-electron chi connectivity index (χ0n) is 14.8. The standard InChI is InChI=1S/C17H16F6N4OS/c18-16(19,20)11-3-1-2-4-12(11)25-14(28)10-26-5-7-27(8-6-26)15-24-9-13(29-15)17(21,22)23/h1-4,9H,5-8,10H2,(H,25,28). The molecule has 158 valence electrons. The van der Waals surface area contributed by atoms with Crippen molar-refractivity contribution in [1.29, 1.82) is 0 Å². The van der Waals surface area contributed by atoms with E-state index in [4.69, 9.17) is 0 Å². The van der Waals surface area contributed by atoms with Gasteiger partial charge in [0.25, 0.3) is 0 Å². The Hall–Kier alpha value is -2.34. The molecule has 1 aliphatic heterocycles. The van der Waals surface area contributed by atoms with Gasteiger partial charge in [0.15, 0.2) is 5.13 Å². The quantitative estimate of drug-likeness (QED) is 0.735. The van der Waals surface area contributed by atoms with Crippen molar-refractivity contribution in [2.45, 2.75) is 12.4 Å². The van der Waals surface area contributed by atoms with Gasteiger partial charge in [-0.15, -0.1) is 0 Å². The summed E-state index contributed by atoms with van der Waals surface area (Å²) in [5, 5.41) is 2.53. The number of carbonyl (C=O) groups excluding carboxylic acids is 1. The molecular formula is C17H16F6N4OS. The largest absolute Gasteiger partial charge is 0.427 e. The van der Waals surface area contributed by atoms with Gasteiger partial charge in [-0.2, -0.15) is 26.3 Å². The van der Waals surface area contributed by atoms with E-state index in [0.29, 0.717) is 37.5 Å². The number of hydrogen-bond donors (Lipinski definition) is 1. The maximum atomic E-state index is 13.0. The Morgan fingerprint density at radius 2 is 1.69 bits per heavy atom. The lowest BCUT2D eigenvalue weighted by Crippen LogP contribution is -2.48. The van der Waals surface area contributed by atoms with E-state index >= 15 is 0 Å². The molecule has 1 fully saturated rings. The van der Waals surface area contributed by atoms with Crippen LogP contribution in [0.4, 0.5) is 37.2 Å². The van der Waals surface area contributed by atoms with Crippen LogP contribution in [0.1, 0.15) is 10.4 Å². The molecule has 1 saturated heterocycles. The molecule has 1 aromatic heterocycles. The molecule has 1 amide bonds. The van der Waals surface area contributed by atoms with E-state index in [2.05, 4.69) is 10.3 Å². The Morgan fingerprint density at radius 3 is 2.28 bits per heavy atom. The van der Waals surface area contributed by atoms with E-state index in [1.54, 1.807) is 9.80 Å². The van der Waals surface area contributed by atoms with E-state index in [1.165, 1.54) is 18.2 Å². The lowest BCUT2D eigenvalue weighted by Gasteiger charge is -2.34. The Bertz CT molecular complexity index is 858. The van der Waals surface area contributed by atoms with Crippen molar-refractivity contribution >= 4 is 28.1 Å². The van der Waals surface area contributed by atoms with Crippen molar-refractivity contribution in [2.75, 3.05) is 42.9 Å². The molecule has 0 atom stereocenters. The van der Waals surface area contributed by atoms with Crippen LogP contribution in [-0.4, -0.2) is 48.5 Å². The van der Waals surface area contributed by atoms with Crippen molar-refractivity contribution in [3.8, 4) is 0 Å². The second kappa shape index (κ2) is 8.19. The molecule has 0 unspecified atom stereocenters. The summed E-state index contributed by atoms with van der Waals surface area (Å²) < 4.78 is 77.0. The average Bonchev–Trinajstić information content (AvgIpc) is 3.12. The third-order valence-corrected chi connectivity index (χ3v) is 5.39. The maximum Gasteiger partial charge on any atom is 0.427 e. The molecule has 1 aromatic carbocycles. The number of carbonyl (C=O) groups is 1. The number of halogens is 6. The molecule has 1 N–H and O–H groups in total. The second-order valence-electron chi connectivity index (χ2n) is 6.36. The van der Waals surface area contributed by atoms with Crippen molar-refractivity contribution in [2.24, 2.45) is 0 Å². The number of nitrogens with one attached hydrogen (secondary N) is 1. The Labute approximate surface area is 165 Å². The number of rotatable bonds is 4. The Morgan fingerprint density at radius 1 is 1.03 bits per heavy atom. The van der Waals surface area contributed by atoms with Crippen LogP contribution >= 0.6 is 11.3 Å². The van der Waals surface area contributed by atoms with Gasteiger partial charge in [0.05, 0.1) is 24.0 Å². The zero-order valence-corrected chi connectivity index (χ0v) is 15.7. The fourth-order valence-electron chi connectivity index (χ4n) is 2.87. The minimum Gasteiger partial charge on any atom is -0.346 e. The summed E-state index contributed by atoms with van der Waals surface area (Å²) in [7, 11) is 0. The van der Waals surface area contributed by atoms with Gasteiger partial charge in [-0.1, -0.05) is 23.5 Å². The van der Waals surface area contributed by atoms with E-state index < -0.39 is 28.7 Å². The molecule has 0 aliphatic carbocycles. The SMILES string of the molecule is O=C(CN1CCN(c2ncc(C(F)(F)F)s2)CC1)Nc1ccccc1C(F)(F)F. The first kappa shape index (κ1) is 21.4. The van der Waals surface area contributed by atoms with Gasteiger partial charge < -0.3 is 10.2 Å². The molecule has 2 aromatic rings. The number of thiazole rings is 1. The van der Waals surface area contributed by atoms with Gasteiger partial charge in [-0.3, -0.25) is 9.69 Å². The van der Waals surface area contributed by atoms with Gasteiger partial charge in [0.2, 0.25) is 5.91 Å². The van der Waals surface area contributed by atoms with Crippen LogP contribution in [0.2, 0.25) is 0 Å². The maximum absolute atomic E-state index is 13.0. The molecule has 2 heterocycles. The first-order valence-corrected chi connectivity index (χ1v) is 9.32. The molecule has 0 bridgehead atoms. The fourth-order valence-corrected chi connectivity index (χ4v) is 3.71. The normalized spacial score (nSPS) is 16.1. The first-order chi connectivity index (χ1) is 13.5. The molecule has 29 heavy (non-hydrogen) atoms. The molecule has 12 heteroatoms. The smallest absolute Gasteiger partial charge is 0.346 e. The fraction of sp³-hybridized carbons (Fsp3) is 0.412. The van der Waals surface area contributed by atoms with Crippen molar-refractivity contribution in [1.82, 2.24) is 9.88 Å². The zero-order chi connectivity index (χ0) is 21.2. The summed E-state index contributed by atoms with van der Waals surface area (Å²) in [6.07, 6.45) is -8.24. The molecule has 5 nitrogen and oxygen atoms in total. The van der Waals surface area contributed by atoms with Gasteiger partial charge in [0.1, 0.15) is 4.88 Å². The number of piperazine rings is 1. The number of nitrogens with zero attached hydrogens (tertiary/aromatic N) is 3.